The highest BCUT2D eigenvalue weighted by molar-refractivity contribution is 6.26. The van der Waals surface area contributed by atoms with Crippen LogP contribution in [-0.2, 0) is 5.41 Å². The van der Waals surface area contributed by atoms with Crippen LogP contribution in [0.5, 0.6) is 0 Å². The van der Waals surface area contributed by atoms with Gasteiger partial charge in [-0.2, -0.15) is 0 Å². The molecule has 0 heterocycles. The third-order valence-electron chi connectivity index (χ3n) is 13.0. The minimum Gasteiger partial charge on any atom is -0.0616 e. The van der Waals surface area contributed by atoms with Crippen LogP contribution in [0.15, 0.2) is 194 Å². The number of rotatable bonds is 3. The van der Waals surface area contributed by atoms with Crippen molar-refractivity contribution in [3.63, 3.8) is 0 Å². The minimum absolute atomic E-state index is 0.139. The van der Waals surface area contributed by atoms with E-state index in [1.165, 1.54) is 120 Å². The van der Waals surface area contributed by atoms with Gasteiger partial charge in [0.15, 0.2) is 0 Å². The molecule has 0 amide bonds. The molecule has 0 atom stereocenters. The average Bonchev–Trinajstić information content (AvgIpc) is 3.52. The van der Waals surface area contributed by atoms with Crippen LogP contribution in [0, 0.1) is 0 Å². The summed E-state index contributed by atoms with van der Waals surface area (Å²) in [5.41, 5.74) is 13.1. The van der Waals surface area contributed by atoms with E-state index in [4.69, 9.17) is 0 Å². The van der Waals surface area contributed by atoms with Crippen LogP contribution in [0.2, 0.25) is 0 Å². The molecule has 0 saturated heterocycles. The Hall–Kier alpha value is -7.02. The van der Waals surface area contributed by atoms with Crippen LogP contribution in [0.25, 0.3) is 109 Å². The van der Waals surface area contributed by atoms with Gasteiger partial charge in [0.25, 0.3) is 0 Å². The average molecular weight is 723 g/mol. The summed E-state index contributed by atoms with van der Waals surface area (Å²) in [6, 6.07) is 72.5. The molecule has 0 N–H and O–H groups in total. The van der Waals surface area contributed by atoms with Crippen molar-refractivity contribution in [1.29, 1.82) is 0 Å². The molecule has 0 aromatic heterocycles. The molecule has 0 nitrogen and oxygen atoms in total. The first kappa shape index (κ1) is 32.2. The standard InChI is InChI=1S/C57H38/c1-57(2)51-29-15-28-39(54(51)55-44-22-9-7-19-41(44)42-20-8-14-27-49(42)56(55)57)35-30-32-36(33-31-35)52-45-23-10-12-25-47(45)53(48-26-13-11-24-46(48)52)50-34-37-16-3-4-17-38(37)40-18-5-6-21-43(40)50/h3-34H,1-2H3. The molecule has 0 spiro atoms. The Morgan fingerprint density at radius 1 is 0.281 bits per heavy atom. The van der Waals surface area contributed by atoms with E-state index in [-0.39, 0.29) is 5.41 Å². The second-order valence-corrected chi connectivity index (χ2v) is 16.3. The van der Waals surface area contributed by atoms with Gasteiger partial charge in [-0.3, -0.25) is 0 Å². The van der Waals surface area contributed by atoms with E-state index in [2.05, 4.69) is 208 Å². The molecule has 0 fully saturated rings. The molecule has 0 unspecified atom stereocenters. The van der Waals surface area contributed by atoms with Gasteiger partial charge < -0.3 is 0 Å². The fraction of sp³-hybridized carbons (Fsp3) is 0.0526. The highest BCUT2D eigenvalue weighted by Gasteiger charge is 2.39. The van der Waals surface area contributed by atoms with Crippen molar-refractivity contribution in [2.45, 2.75) is 19.3 Å². The molecule has 11 aromatic carbocycles. The molecular weight excluding hydrogens is 685 g/mol. The van der Waals surface area contributed by atoms with Gasteiger partial charge in [0, 0.05) is 5.41 Å². The quantitative estimate of drug-likeness (QED) is 0.126. The third-order valence-corrected chi connectivity index (χ3v) is 13.0. The maximum absolute atomic E-state index is 2.41. The molecule has 0 saturated carbocycles. The van der Waals surface area contributed by atoms with Gasteiger partial charge in [-0.05, 0) is 126 Å². The van der Waals surface area contributed by atoms with Crippen molar-refractivity contribution in [3.05, 3.63) is 205 Å². The zero-order valence-corrected chi connectivity index (χ0v) is 32.0. The van der Waals surface area contributed by atoms with Gasteiger partial charge in [0.05, 0.1) is 0 Å². The van der Waals surface area contributed by atoms with E-state index in [1.807, 2.05) is 0 Å². The summed E-state index contributed by atoms with van der Waals surface area (Å²) < 4.78 is 0. The number of hydrogen-bond donors (Lipinski definition) is 0. The summed E-state index contributed by atoms with van der Waals surface area (Å²) >= 11 is 0. The molecule has 57 heavy (non-hydrogen) atoms. The Balaban J connectivity index is 1.08. The van der Waals surface area contributed by atoms with E-state index >= 15 is 0 Å². The van der Waals surface area contributed by atoms with Crippen LogP contribution in [0.1, 0.15) is 25.0 Å². The molecule has 1 aliphatic rings. The first-order chi connectivity index (χ1) is 28.1. The Labute approximate surface area is 332 Å². The van der Waals surface area contributed by atoms with Crippen molar-refractivity contribution < 1.29 is 0 Å². The van der Waals surface area contributed by atoms with E-state index in [0.717, 1.165) is 0 Å². The second kappa shape index (κ2) is 12.0. The fourth-order valence-corrected chi connectivity index (χ4v) is 10.6. The highest BCUT2D eigenvalue weighted by atomic mass is 14.4. The summed E-state index contributed by atoms with van der Waals surface area (Å²) in [6.45, 7) is 4.82. The van der Waals surface area contributed by atoms with Crippen molar-refractivity contribution in [2.24, 2.45) is 0 Å². The van der Waals surface area contributed by atoms with Gasteiger partial charge in [0.2, 0.25) is 0 Å². The molecule has 0 heteroatoms. The van der Waals surface area contributed by atoms with Crippen molar-refractivity contribution in [1.82, 2.24) is 0 Å². The van der Waals surface area contributed by atoms with Gasteiger partial charge in [-0.1, -0.05) is 202 Å². The van der Waals surface area contributed by atoms with Crippen molar-refractivity contribution in [3.8, 4) is 44.5 Å². The molecule has 0 bridgehead atoms. The van der Waals surface area contributed by atoms with E-state index in [1.54, 1.807) is 0 Å². The Morgan fingerprint density at radius 3 is 1.33 bits per heavy atom. The lowest BCUT2D eigenvalue weighted by molar-refractivity contribution is 0.666. The van der Waals surface area contributed by atoms with E-state index in [9.17, 15) is 0 Å². The summed E-state index contributed by atoms with van der Waals surface area (Å²) in [5, 5.41) is 15.5. The highest BCUT2D eigenvalue weighted by Crippen LogP contribution is 2.57. The maximum atomic E-state index is 2.41. The van der Waals surface area contributed by atoms with Crippen LogP contribution in [0.4, 0.5) is 0 Å². The number of fused-ring (bicyclic) bond motifs is 13. The largest absolute Gasteiger partial charge is 0.0616 e. The minimum atomic E-state index is -0.139. The van der Waals surface area contributed by atoms with E-state index < -0.39 is 0 Å². The Kier molecular flexibility index (Phi) is 6.78. The van der Waals surface area contributed by atoms with Crippen molar-refractivity contribution >= 4 is 64.6 Å². The maximum Gasteiger partial charge on any atom is 0.0165 e. The summed E-state index contributed by atoms with van der Waals surface area (Å²) in [6.07, 6.45) is 0. The lowest BCUT2D eigenvalue weighted by Crippen LogP contribution is -2.15. The zero-order chi connectivity index (χ0) is 37.8. The normalized spacial score (nSPS) is 13.2. The molecule has 0 radical (unpaired) electrons. The number of benzene rings is 11. The van der Waals surface area contributed by atoms with Crippen LogP contribution >= 0.6 is 0 Å². The van der Waals surface area contributed by atoms with Gasteiger partial charge in [-0.25, -0.2) is 0 Å². The molecule has 1 aliphatic carbocycles. The topological polar surface area (TPSA) is 0 Å². The monoisotopic (exact) mass is 722 g/mol. The Bertz CT molecular complexity index is 3410. The summed E-state index contributed by atoms with van der Waals surface area (Å²) in [5.74, 6) is 0. The zero-order valence-electron chi connectivity index (χ0n) is 32.0. The molecular formula is C57H38. The molecule has 0 aliphatic heterocycles. The van der Waals surface area contributed by atoms with Gasteiger partial charge >= 0.3 is 0 Å². The molecule has 11 aromatic rings. The predicted octanol–water partition coefficient (Wildman–Crippen LogP) is 15.9. The van der Waals surface area contributed by atoms with Crippen molar-refractivity contribution in [2.75, 3.05) is 0 Å². The third kappa shape index (κ3) is 4.50. The van der Waals surface area contributed by atoms with Crippen LogP contribution in [0.3, 0.4) is 0 Å². The lowest BCUT2D eigenvalue weighted by atomic mass is 9.79. The van der Waals surface area contributed by atoms with Gasteiger partial charge in [0.1, 0.15) is 0 Å². The van der Waals surface area contributed by atoms with Crippen LogP contribution < -0.4 is 0 Å². The smallest absolute Gasteiger partial charge is 0.0165 e. The van der Waals surface area contributed by atoms with E-state index in [0.29, 0.717) is 0 Å². The molecule has 266 valence electrons. The number of hydrogen-bond acceptors (Lipinski definition) is 0. The van der Waals surface area contributed by atoms with Gasteiger partial charge in [-0.15, -0.1) is 0 Å². The summed E-state index contributed by atoms with van der Waals surface area (Å²) in [7, 11) is 0. The first-order valence-electron chi connectivity index (χ1n) is 20.1. The Morgan fingerprint density at radius 2 is 0.719 bits per heavy atom. The summed E-state index contributed by atoms with van der Waals surface area (Å²) in [4.78, 5) is 0. The molecule has 12 rings (SSSR count). The SMILES string of the molecule is CC1(C)c2cccc(-c3ccc(-c4c5ccccc5c(-c5cc6ccccc6c6ccccc56)c5ccccc45)cc3)c2-c2c1c1ccccc1c1ccccc21. The van der Waals surface area contributed by atoms with Crippen LogP contribution in [-0.4, -0.2) is 0 Å². The lowest BCUT2D eigenvalue weighted by Gasteiger charge is -2.24. The first-order valence-corrected chi connectivity index (χ1v) is 20.1. The predicted molar refractivity (Wildman–Crippen MR) is 245 cm³/mol. The fourth-order valence-electron chi connectivity index (χ4n) is 10.6. The second-order valence-electron chi connectivity index (χ2n) is 16.3.